The molecule has 0 spiro atoms. The molecule has 0 aliphatic heterocycles. The molecule has 0 bridgehead atoms. The summed E-state index contributed by atoms with van der Waals surface area (Å²) in [6.07, 6.45) is -0.0399. The summed E-state index contributed by atoms with van der Waals surface area (Å²) < 4.78 is 5.57. The van der Waals surface area contributed by atoms with Gasteiger partial charge in [-0.3, -0.25) is 10.2 Å². The molecule has 4 rings (SSSR count). The van der Waals surface area contributed by atoms with Gasteiger partial charge in [0.15, 0.2) is 0 Å². The standard InChI is InChI=1S/C26H26ClN5O3/c1-16(2)35-23-12-10-19(14-20(23)27)25(33)30-31-26(34)32(3)15-17-9-11-21-22(13-17)29-24(28-21)18-7-5-4-6-8-18/h4-14,16H,15H2,1-3H3,(H,28,29)(H,30,33)(H,31,34). The van der Waals surface area contributed by atoms with E-state index in [1.54, 1.807) is 19.2 Å². The van der Waals surface area contributed by atoms with Crippen LogP contribution in [0.2, 0.25) is 5.02 Å². The summed E-state index contributed by atoms with van der Waals surface area (Å²) in [7, 11) is 1.64. The number of amides is 3. The van der Waals surface area contributed by atoms with Crippen LogP contribution < -0.4 is 15.6 Å². The molecule has 3 N–H and O–H groups in total. The Bertz CT molecular complexity index is 1350. The number of benzene rings is 3. The molecule has 180 valence electrons. The van der Waals surface area contributed by atoms with Crippen molar-refractivity contribution in [2.24, 2.45) is 0 Å². The monoisotopic (exact) mass is 491 g/mol. The maximum Gasteiger partial charge on any atom is 0.336 e. The first-order valence-corrected chi connectivity index (χ1v) is 11.5. The minimum absolute atomic E-state index is 0.0399. The number of fused-ring (bicyclic) bond motifs is 1. The van der Waals surface area contributed by atoms with E-state index in [4.69, 9.17) is 16.3 Å². The number of nitrogens with one attached hydrogen (secondary N) is 3. The van der Waals surface area contributed by atoms with Gasteiger partial charge in [0.25, 0.3) is 5.91 Å². The molecule has 9 heteroatoms. The van der Waals surface area contributed by atoms with Crippen LogP contribution in [0.3, 0.4) is 0 Å². The van der Waals surface area contributed by atoms with Gasteiger partial charge in [-0.2, -0.15) is 0 Å². The molecule has 0 fully saturated rings. The topological polar surface area (TPSA) is 99.3 Å². The number of imidazole rings is 1. The largest absolute Gasteiger partial charge is 0.489 e. The lowest BCUT2D eigenvalue weighted by atomic mass is 10.2. The summed E-state index contributed by atoms with van der Waals surface area (Å²) in [4.78, 5) is 34.4. The van der Waals surface area contributed by atoms with E-state index in [0.29, 0.717) is 22.9 Å². The van der Waals surface area contributed by atoms with Gasteiger partial charge in [-0.05, 0) is 49.7 Å². The molecule has 0 saturated carbocycles. The Hall–Kier alpha value is -4.04. The van der Waals surface area contributed by atoms with Crippen molar-refractivity contribution < 1.29 is 14.3 Å². The highest BCUT2D eigenvalue weighted by molar-refractivity contribution is 6.32. The van der Waals surface area contributed by atoms with Crippen LogP contribution in [0, 0.1) is 0 Å². The van der Waals surface area contributed by atoms with Gasteiger partial charge in [0.1, 0.15) is 11.6 Å². The molecule has 0 saturated heterocycles. The Balaban J connectivity index is 1.35. The first-order chi connectivity index (χ1) is 16.8. The third-order valence-corrected chi connectivity index (χ3v) is 5.50. The van der Waals surface area contributed by atoms with Crippen molar-refractivity contribution >= 4 is 34.6 Å². The summed E-state index contributed by atoms with van der Waals surface area (Å²) >= 11 is 6.19. The molecule has 0 unspecified atom stereocenters. The summed E-state index contributed by atoms with van der Waals surface area (Å²) in [6, 6.07) is 19.9. The number of carbonyl (C=O) groups is 2. The Kier molecular flexibility index (Phi) is 7.22. The number of urea groups is 1. The normalized spacial score (nSPS) is 10.9. The molecule has 1 aromatic heterocycles. The smallest absolute Gasteiger partial charge is 0.336 e. The highest BCUT2D eigenvalue weighted by atomic mass is 35.5. The summed E-state index contributed by atoms with van der Waals surface area (Å²) in [5, 5.41) is 0.319. The van der Waals surface area contributed by atoms with E-state index in [9.17, 15) is 9.59 Å². The molecular weight excluding hydrogens is 466 g/mol. The third-order valence-electron chi connectivity index (χ3n) is 5.20. The maximum absolute atomic E-state index is 12.5. The van der Waals surface area contributed by atoms with Crippen molar-refractivity contribution in [2.75, 3.05) is 7.05 Å². The Morgan fingerprint density at radius 3 is 2.54 bits per heavy atom. The van der Waals surface area contributed by atoms with E-state index in [0.717, 1.165) is 28.0 Å². The van der Waals surface area contributed by atoms with Gasteiger partial charge >= 0.3 is 6.03 Å². The number of carbonyl (C=O) groups excluding carboxylic acids is 2. The van der Waals surface area contributed by atoms with Crippen LogP contribution in [0.4, 0.5) is 4.79 Å². The van der Waals surface area contributed by atoms with Gasteiger partial charge in [0.2, 0.25) is 0 Å². The number of aromatic amines is 1. The highest BCUT2D eigenvalue weighted by Crippen LogP contribution is 2.26. The Morgan fingerprint density at radius 2 is 1.83 bits per heavy atom. The van der Waals surface area contributed by atoms with E-state index < -0.39 is 11.9 Å². The molecule has 1 heterocycles. The number of nitrogens with zero attached hydrogens (tertiary/aromatic N) is 2. The van der Waals surface area contributed by atoms with Gasteiger partial charge < -0.3 is 14.6 Å². The predicted octanol–water partition coefficient (Wildman–Crippen LogP) is 5.16. The van der Waals surface area contributed by atoms with Crippen molar-refractivity contribution in [2.45, 2.75) is 26.5 Å². The molecule has 8 nitrogen and oxygen atoms in total. The molecule has 0 aliphatic carbocycles. The van der Waals surface area contributed by atoms with E-state index in [-0.39, 0.29) is 6.10 Å². The number of hydrogen-bond donors (Lipinski definition) is 3. The minimum atomic E-state index is -0.489. The number of aromatic nitrogens is 2. The highest BCUT2D eigenvalue weighted by Gasteiger charge is 2.14. The zero-order valence-corrected chi connectivity index (χ0v) is 20.4. The minimum Gasteiger partial charge on any atom is -0.489 e. The number of halogens is 1. The molecule has 3 aromatic carbocycles. The summed E-state index contributed by atoms with van der Waals surface area (Å²) in [5.74, 6) is 0.791. The van der Waals surface area contributed by atoms with Gasteiger partial charge in [0.05, 0.1) is 22.2 Å². The average Bonchev–Trinajstić information content (AvgIpc) is 3.27. The van der Waals surface area contributed by atoms with E-state index in [1.807, 2.05) is 62.4 Å². The Morgan fingerprint density at radius 1 is 1.06 bits per heavy atom. The fourth-order valence-corrected chi connectivity index (χ4v) is 3.73. The van der Waals surface area contributed by atoms with Crippen LogP contribution in [0.5, 0.6) is 5.75 Å². The van der Waals surface area contributed by atoms with Crippen LogP contribution in [-0.4, -0.2) is 40.0 Å². The fraction of sp³-hybridized carbons (Fsp3) is 0.192. The van der Waals surface area contributed by atoms with Crippen LogP contribution in [0.25, 0.3) is 22.4 Å². The lowest BCUT2D eigenvalue weighted by molar-refractivity contribution is 0.0931. The quantitative estimate of drug-likeness (QED) is 0.324. The van der Waals surface area contributed by atoms with Crippen LogP contribution in [-0.2, 0) is 6.54 Å². The van der Waals surface area contributed by atoms with Crippen molar-refractivity contribution in [3.05, 3.63) is 82.9 Å². The van der Waals surface area contributed by atoms with Crippen molar-refractivity contribution in [3.63, 3.8) is 0 Å². The average molecular weight is 492 g/mol. The second-order valence-electron chi connectivity index (χ2n) is 8.36. The molecule has 3 amide bonds. The molecule has 0 aliphatic rings. The molecular formula is C26H26ClN5O3. The molecule has 35 heavy (non-hydrogen) atoms. The first-order valence-electron chi connectivity index (χ1n) is 11.1. The molecule has 4 aromatic rings. The second kappa shape index (κ2) is 10.5. The van der Waals surface area contributed by atoms with Crippen LogP contribution in [0.1, 0.15) is 29.8 Å². The number of H-pyrrole nitrogens is 1. The lowest BCUT2D eigenvalue weighted by Crippen LogP contribution is -2.47. The van der Waals surface area contributed by atoms with Gasteiger partial charge in [-0.25, -0.2) is 15.2 Å². The lowest BCUT2D eigenvalue weighted by Gasteiger charge is -2.18. The van der Waals surface area contributed by atoms with Crippen LogP contribution >= 0.6 is 11.6 Å². The SMILES string of the molecule is CC(C)Oc1ccc(C(=O)NNC(=O)N(C)Cc2ccc3nc(-c4ccccc4)[nH]c3c2)cc1Cl. The second-order valence-corrected chi connectivity index (χ2v) is 8.76. The van der Waals surface area contributed by atoms with Gasteiger partial charge in [0, 0.05) is 24.7 Å². The first kappa shape index (κ1) is 24.1. The Labute approximate surface area is 208 Å². The van der Waals surface area contributed by atoms with E-state index >= 15 is 0 Å². The molecule has 0 radical (unpaired) electrons. The number of hydrogen-bond acceptors (Lipinski definition) is 4. The summed E-state index contributed by atoms with van der Waals surface area (Å²) in [6.45, 7) is 4.11. The van der Waals surface area contributed by atoms with Gasteiger partial charge in [-0.1, -0.05) is 48.0 Å². The maximum atomic E-state index is 12.5. The summed E-state index contributed by atoms with van der Waals surface area (Å²) in [5.41, 5.74) is 8.77. The number of rotatable bonds is 6. The van der Waals surface area contributed by atoms with Crippen molar-refractivity contribution in [3.8, 4) is 17.1 Å². The van der Waals surface area contributed by atoms with Crippen LogP contribution in [0.15, 0.2) is 66.7 Å². The van der Waals surface area contributed by atoms with Crippen molar-refractivity contribution in [1.29, 1.82) is 0 Å². The zero-order chi connectivity index (χ0) is 24.9. The number of ether oxygens (including phenoxy) is 1. The van der Waals surface area contributed by atoms with E-state index in [1.165, 1.54) is 11.0 Å². The third kappa shape index (κ3) is 5.91. The number of hydrazine groups is 1. The van der Waals surface area contributed by atoms with E-state index in [2.05, 4.69) is 20.8 Å². The predicted molar refractivity (Wildman–Crippen MR) is 136 cm³/mol. The fourth-order valence-electron chi connectivity index (χ4n) is 3.50. The molecule has 0 atom stereocenters. The van der Waals surface area contributed by atoms with Crippen molar-refractivity contribution in [1.82, 2.24) is 25.7 Å². The van der Waals surface area contributed by atoms with Gasteiger partial charge in [-0.15, -0.1) is 0 Å². The zero-order valence-electron chi connectivity index (χ0n) is 19.6.